The Kier molecular flexibility index (Phi) is 5.36. The van der Waals surface area contributed by atoms with Crippen molar-refractivity contribution < 1.29 is 4.79 Å². The van der Waals surface area contributed by atoms with Crippen LogP contribution in [0.1, 0.15) is 51.3 Å². The number of nitrogens with zero attached hydrogens (tertiary/aromatic N) is 3. The van der Waals surface area contributed by atoms with Gasteiger partial charge in [-0.15, -0.1) is 0 Å². The second-order valence-corrected chi connectivity index (χ2v) is 5.52. The van der Waals surface area contributed by atoms with E-state index in [2.05, 4.69) is 22.2 Å². The van der Waals surface area contributed by atoms with Crippen LogP contribution in [0, 0.1) is 0 Å². The summed E-state index contributed by atoms with van der Waals surface area (Å²) < 4.78 is 0. The number of amides is 1. The molecule has 116 valence electrons. The quantitative estimate of drug-likeness (QED) is 0.725. The van der Waals surface area contributed by atoms with Gasteiger partial charge in [0.1, 0.15) is 17.5 Å². The molecule has 1 aliphatic rings. The zero-order chi connectivity index (χ0) is 15.2. The van der Waals surface area contributed by atoms with Gasteiger partial charge in [-0.1, -0.05) is 13.3 Å². The zero-order valence-electron chi connectivity index (χ0n) is 12.9. The van der Waals surface area contributed by atoms with Gasteiger partial charge < -0.3 is 16.0 Å². The number of nitrogens with two attached hydrogens (primary N) is 1. The van der Waals surface area contributed by atoms with Gasteiger partial charge in [-0.25, -0.2) is 9.97 Å². The lowest BCUT2D eigenvalue weighted by Crippen LogP contribution is -2.35. The summed E-state index contributed by atoms with van der Waals surface area (Å²) in [7, 11) is 0. The number of carbonyl (C=O) groups excluding carboxylic acids is 1. The molecule has 0 saturated heterocycles. The molecule has 0 aliphatic heterocycles. The number of aromatic nitrogens is 2. The van der Waals surface area contributed by atoms with Gasteiger partial charge in [0.2, 0.25) is 5.91 Å². The van der Waals surface area contributed by atoms with E-state index in [9.17, 15) is 4.79 Å². The van der Waals surface area contributed by atoms with E-state index in [1.165, 1.54) is 0 Å². The maximum absolute atomic E-state index is 11.3. The predicted molar refractivity (Wildman–Crippen MR) is 84.5 cm³/mol. The summed E-state index contributed by atoms with van der Waals surface area (Å²) >= 11 is 0. The summed E-state index contributed by atoms with van der Waals surface area (Å²) in [6, 6.07) is 1.91. The molecule has 0 radical (unpaired) electrons. The highest BCUT2D eigenvalue weighted by molar-refractivity contribution is 5.79. The molecule has 6 heteroatoms. The third-order valence-corrected chi connectivity index (χ3v) is 3.48. The van der Waals surface area contributed by atoms with Crippen LogP contribution >= 0.6 is 0 Å². The highest BCUT2D eigenvalue weighted by atomic mass is 16.1. The fourth-order valence-corrected chi connectivity index (χ4v) is 2.22. The van der Waals surface area contributed by atoms with Crippen LogP contribution in [0.4, 0.5) is 11.6 Å². The molecular formula is C15H25N5O. The topological polar surface area (TPSA) is 84.1 Å². The number of anilines is 2. The molecule has 1 saturated carbocycles. The number of rotatable bonds is 9. The number of nitrogens with one attached hydrogen (secondary N) is 1. The Labute approximate surface area is 126 Å². The highest BCUT2D eigenvalue weighted by Gasteiger charge is 2.28. The van der Waals surface area contributed by atoms with Gasteiger partial charge in [-0.05, 0) is 26.2 Å². The van der Waals surface area contributed by atoms with E-state index < -0.39 is 0 Å². The lowest BCUT2D eigenvalue weighted by atomic mass is 10.3. The molecular weight excluding hydrogens is 266 g/mol. The first-order chi connectivity index (χ1) is 10.1. The molecule has 3 N–H and O–H groups in total. The first-order valence-electron chi connectivity index (χ1n) is 7.80. The second kappa shape index (κ2) is 7.24. The van der Waals surface area contributed by atoms with E-state index >= 15 is 0 Å². The van der Waals surface area contributed by atoms with Crippen LogP contribution in [0.25, 0.3) is 0 Å². The van der Waals surface area contributed by atoms with Crippen LogP contribution in [0.2, 0.25) is 0 Å². The molecule has 6 nitrogen and oxygen atoms in total. The maximum Gasteiger partial charge on any atom is 0.236 e. The molecule has 1 aromatic rings. The van der Waals surface area contributed by atoms with Gasteiger partial charge in [0.15, 0.2) is 0 Å². The standard InChI is InChI=1S/C15H25N5O/c1-3-5-8-20(10-12(16)21)14-9-13(17-4-2)18-15(19-14)11-6-7-11/h9,11H,3-8,10H2,1-2H3,(H2,16,21)(H,17,18,19). The van der Waals surface area contributed by atoms with Crippen molar-refractivity contribution in [3.8, 4) is 0 Å². The summed E-state index contributed by atoms with van der Waals surface area (Å²) in [4.78, 5) is 22.5. The average molecular weight is 291 g/mol. The SMILES string of the molecule is CCCCN(CC(N)=O)c1cc(NCC)nc(C2CC2)n1. The summed E-state index contributed by atoms with van der Waals surface area (Å²) in [5.74, 6) is 2.66. The largest absolute Gasteiger partial charge is 0.370 e. The van der Waals surface area contributed by atoms with Crippen molar-refractivity contribution in [2.75, 3.05) is 29.9 Å². The lowest BCUT2D eigenvalue weighted by Gasteiger charge is -2.23. The molecule has 2 rings (SSSR count). The molecule has 0 aromatic carbocycles. The Morgan fingerprint density at radius 2 is 2.19 bits per heavy atom. The number of carbonyl (C=O) groups is 1. The van der Waals surface area contributed by atoms with Crippen LogP contribution < -0.4 is 16.0 Å². The van der Waals surface area contributed by atoms with E-state index in [0.717, 1.165) is 56.2 Å². The van der Waals surface area contributed by atoms with Crippen molar-refractivity contribution in [2.24, 2.45) is 5.73 Å². The van der Waals surface area contributed by atoms with Crippen molar-refractivity contribution in [1.29, 1.82) is 0 Å². The normalized spacial score (nSPS) is 14.0. The minimum atomic E-state index is -0.331. The summed E-state index contributed by atoms with van der Waals surface area (Å²) in [6.45, 7) is 5.96. The number of hydrogen-bond acceptors (Lipinski definition) is 5. The minimum Gasteiger partial charge on any atom is -0.370 e. The van der Waals surface area contributed by atoms with E-state index in [0.29, 0.717) is 5.92 Å². The number of hydrogen-bond donors (Lipinski definition) is 2. The van der Waals surface area contributed by atoms with Gasteiger partial charge in [0.25, 0.3) is 0 Å². The van der Waals surface area contributed by atoms with E-state index in [4.69, 9.17) is 5.73 Å². The Bertz CT molecular complexity index is 487. The van der Waals surface area contributed by atoms with Gasteiger partial charge in [0, 0.05) is 25.1 Å². The molecule has 0 bridgehead atoms. The zero-order valence-corrected chi connectivity index (χ0v) is 12.9. The smallest absolute Gasteiger partial charge is 0.236 e. The van der Waals surface area contributed by atoms with E-state index in [1.54, 1.807) is 0 Å². The molecule has 1 fully saturated rings. The van der Waals surface area contributed by atoms with Gasteiger partial charge in [-0.3, -0.25) is 4.79 Å². The van der Waals surface area contributed by atoms with Crippen molar-refractivity contribution in [3.63, 3.8) is 0 Å². The Hall–Kier alpha value is -1.85. The van der Waals surface area contributed by atoms with Crippen molar-refractivity contribution in [1.82, 2.24) is 9.97 Å². The van der Waals surface area contributed by atoms with Crippen molar-refractivity contribution in [3.05, 3.63) is 11.9 Å². The van der Waals surface area contributed by atoms with Crippen LogP contribution in [-0.4, -0.2) is 35.5 Å². The van der Waals surface area contributed by atoms with Crippen molar-refractivity contribution >= 4 is 17.5 Å². The molecule has 1 aromatic heterocycles. The van der Waals surface area contributed by atoms with Crippen LogP contribution in [0.15, 0.2) is 6.07 Å². The first-order valence-corrected chi connectivity index (χ1v) is 7.80. The van der Waals surface area contributed by atoms with Gasteiger partial charge in [0.05, 0.1) is 6.54 Å². The third kappa shape index (κ3) is 4.58. The van der Waals surface area contributed by atoms with Crippen LogP contribution in [0.5, 0.6) is 0 Å². The van der Waals surface area contributed by atoms with E-state index in [1.807, 2.05) is 17.9 Å². The minimum absolute atomic E-state index is 0.201. The van der Waals surface area contributed by atoms with Gasteiger partial charge >= 0.3 is 0 Å². The average Bonchev–Trinajstić information content (AvgIpc) is 3.27. The third-order valence-electron chi connectivity index (χ3n) is 3.48. The molecule has 1 aliphatic carbocycles. The molecule has 21 heavy (non-hydrogen) atoms. The molecule has 1 heterocycles. The second-order valence-electron chi connectivity index (χ2n) is 5.52. The molecule has 0 unspecified atom stereocenters. The monoisotopic (exact) mass is 291 g/mol. The Morgan fingerprint density at radius 1 is 1.43 bits per heavy atom. The summed E-state index contributed by atoms with van der Waals surface area (Å²) in [6.07, 6.45) is 4.38. The summed E-state index contributed by atoms with van der Waals surface area (Å²) in [5.41, 5.74) is 5.37. The molecule has 0 atom stereocenters. The van der Waals surface area contributed by atoms with Crippen LogP contribution in [-0.2, 0) is 4.79 Å². The van der Waals surface area contributed by atoms with Gasteiger partial charge in [-0.2, -0.15) is 0 Å². The molecule has 0 spiro atoms. The van der Waals surface area contributed by atoms with Crippen molar-refractivity contribution in [2.45, 2.75) is 45.4 Å². The van der Waals surface area contributed by atoms with Crippen LogP contribution in [0.3, 0.4) is 0 Å². The predicted octanol–water partition coefficient (Wildman–Crippen LogP) is 1.88. The number of primary amides is 1. The fraction of sp³-hybridized carbons (Fsp3) is 0.667. The first kappa shape index (κ1) is 15.5. The fourth-order valence-electron chi connectivity index (χ4n) is 2.22. The maximum atomic E-state index is 11.3. The Balaban J connectivity index is 2.25. The molecule has 1 amide bonds. The highest BCUT2D eigenvalue weighted by Crippen LogP contribution is 2.39. The lowest BCUT2D eigenvalue weighted by molar-refractivity contribution is -0.116. The number of unbranched alkanes of at least 4 members (excludes halogenated alkanes) is 1. The Morgan fingerprint density at radius 3 is 2.76 bits per heavy atom. The summed E-state index contributed by atoms with van der Waals surface area (Å²) in [5, 5.41) is 3.24. The van der Waals surface area contributed by atoms with E-state index in [-0.39, 0.29) is 12.5 Å².